The fraction of sp³-hybridized carbons (Fsp3) is 0.333. The number of amides is 1. The maximum Gasteiger partial charge on any atom is 0.233 e. The van der Waals surface area contributed by atoms with Crippen molar-refractivity contribution in [3.8, 4) is 11.3 Å². The second kappa shape index (κ2) is 6.31. The van der Waals surface area contributed by atoms with Crippen LogP contribution in [0.2, 0.25) is 0 Å². The molecule has 118 valence electrons. The molecule has 6 nitrogen and oxygen atoms in total. The zero-order valence-corrected chi connectivity index (χ0v) is 13.5. The molecule has 0 unspecified atom stereocenters. The Labute approximate surface area is 129 Å². The molecule has 0 bridgehead atoms. The van der Waals surface area contributed by atoms with E-state index in [1.807, 2.05) is 36.8 Å². The summed E-state index contributed by atoms with van der Waals surface area (Å²) in [7, 11) is -3.52. The van der Waals surface area contributed by atoms with E-state index in [1.54, 1.807) is 6.20 Å². The van der Waals surface area contributed by atoms with Crippen molar-refractivity contribution in [2.24, 2.45) is 0 Å². The highest BCUT2D eigenvalue weighted by atomic mass is 32.2. The summed E-state index contributed by atoms with van der Waals surface area (Å²) in [6.07, 6.45) is 2.79. The SMILES string of the molecule is Cc1ccc(-c2cnc(CCC(=O)NS(C)(=O)=O)o2)cc1C. The van der Waals surface area contributed by atoms with Crippen LogP contribution in [0.1, 0.15) is 23.4 Å². The Morgan fingerprint density at radius 3 is 2.64 bits per heavy atom. The molecule has 1 aromatic carbocycles. The van der Waals surface area contributed by atoms with Crippen molar-refractivity contribution >= 4 is 15.9 Å². The Morgan fingerprint density at radius 1 is 1.27 bits per heavy atom. The second-order valence-electron chi connectivity index (χ2n) is 5.21. The summed E-state index contributed by atoms with van der Waals surface area (Å²) in [4.78, 5) is 15.5. The molecule has 0 fully saturated rings. The standard InChI is InChI=1S/C15H18N2O4S/c1-10-4-5-12(8-11(10)2)13-9-16-15(21-13)7-6-14(18)17-22(3,19)20/h4-5,8-9H,6-7H2,1-3H3,(H,17,18). The minimum absolute atomic E-state index is 0.0000507. The maximum atomic E-state index is 11.4. The van der Waals surface area contributed by atoms with E-state index in [1.165, 1.54) is 5.56 Å². The van der Waals surface area contributed by atoms with Crippen LogP contribution in [0, 0.1) is 13.8 Å². The zero-order valence-electron chi connectivity index (χ0n) is 12.7. The van der Waals surface area contributed by atoms with Crippen molar-refractivity contribution < 1.29 is 17.6 Å². The van der Waals surface area contributed by atoms with Crippen LogP contribution in [0.15, 0.2) is 28.8 Å². The van der Waals surface area contributed by atoms with E-state index < -0.39 is 15.9 Å². The van der Waals surface area contributed by atoms with Gasteiger partial charge in [-0.3, -0.25) is 9.52 Å². The van der Waals surface area contributed by atoms with Crippen molar-refractivity contribution in [1.29, 1.82) is 0 Å². The molecule has 1 amide bonds. The highest BCUT2D eigenvalue weighted by molar-refractivity contribution is 7.89. The molecule has 0 saturated carbocycles. The lowest BCUT2D eigenvalue weighted by Crippen LogP contribution is -2.29. The van der Waals surface area contributed by atoms with E-state index in [0.29, 0.717) is 11.7 Å². The van der Waals surface area contributed by atoms with Gasteiger partial charge in [0, 0.05) is 18.4 Å². The molecule has 0 saturated heterocycles. The van der Waals surface area contributed by atoms with Gasteiger partial charge in [-0.1, -0.05) is 12.1 Å². The van der Waals surface area contributed by atoms with Crippen molar-refractivity contribution in [3.05, 3.63) is 41.4 Å². The molecule has 0 aliphatic carbocycles. The largest absolute Gasteiger partial charge is 0.441 e. The molecule has 2 rings (SSSR count). The van der Waals surface area contributed by atoms with Crippen molar-refractivity contribution in [3.63, 3.8) is 0 Å². The van der Waals surface area contributed by atoms with Gasteiger partial charge in [0.15, 0.2) is 11.7 Å². The number of nitrogens with one attached hydrogen (secondary N) is 1. The van der Waals surface area contributed by atoms with Crippen LogP contribution in [0.25, 0.3) is 11.3 Å². The van der Waals surface area contributed by atoms with Gasteiger partial charge in [0.2, 0.25) is 15.9 Å². The number of hydrogen-bond donors (Lipinski definition) is 1. The molecule has 22 heavy (non-hydrogen) atoms. The molecular formula is C15H18N2O4S. The minimum atomic E-state index is -3.52. The topological polar surface area (TPSA) is 89.3 Å². The van der Waals surface area contributed by atoms with E-state index in [2.05, 4.69) is 4.98 Å². The summed E-state index contributed by atoms with van der Waals surface area (Å²) >= 11 is 0. The first-order valence-corrected chi connectivity index (χ1v) is 8.67. The van der Waals surface area contributed by atoms with Crippen molar-refractivity contribution in [2.75, 3.05) is 6.26 Å². The summed E-state index contributed by atoms with van der Waals surface area (Å²) in [6, 6.07) is 5.96. The average Bonchev–Trinajstić information content (AvgIpc) is 2.86. The third kappa shape index (κ3) is 4.42. The van der Waals surface area contributed by atoms with Crippen LogP contribution in [-0.2, 0) is 21.2 Å². The number of rotatable bonds is 5. The van der Waals surface area contributed by atoms with Gasteiger partial charge in [0.05, 0.1) is 12.5 Å². The van der Waals surface area contributed by atoms with Gasteiger partial charge in [0.25, 0.3) is 0 Å². The van der Waals surface area contributed by atoms with Crippen LogP contribution < -0.4 is 4.72 Å². The number of carbonyl (C=O) groups is 1. The molecule has 0 atom stereocenters. The molecule has 2 aromatic rings. The van der Waals surface area contributed by atoms with Crippen LogP contribution in [0.4, 0.5) is 0 Å². The minimum Gasteiger partial charge on any atom is -0.441 e. The number of sulfonamides is 1. The van der Waals surface area contributed by atoms with E-state index in [-0.39, 0.29) is 12.8 Å². The smallest absolute Gasteiger partial charge is 0.233 e. The number of aromatic nitrogens is 1. The molecule has 0 radical (unpaired) electrons. The van der Waals surface area contributed by atoms with E-state index in [9.17, 15) is 13.2 Å². The highest BCUT2D eigenvalue weighted by Crippen LogP contribution is 2.23. The van der Waals surface area contributed by atoms with E-state index in [0.717, 1.165) is 17.4 Å². The van der Waals surface area contributed by atoms with E-state index in [4.69, 9.17) is 4.42 Å². The summed E-state index contributed by atoms with van der Waals surface area (Å²) in [5.41, 5.74) is 3.27. The Morgan fingerprint density at radius 2 is 2.00 bits per heavy atom. The van der Waals surface area contributed by atoms with Gasteiger partial charge in [-0.05, 0) is 31.0 Å². The normalized spacial score (nSPS) is 11.4. The van der Waals surface area contributed by atoms with Gasteiger partial charge in [-0.15, -0.1) is 0 Å². The average molecular weight is 322 g/mol. The number of aryl methyl sites for hydroxylation is 3. The number of benzene rings is 1. The zero-order chi connectivity index (χ0) is 16.3. The van der Waals surface area contributed by atoms with Gasteiger partial charge >= 0.3 is 0 Å². The van der Waals surface area contributed by atoms with Crippen molar-refractivity contribution in [1.82, 2.24) is 9.71 Å². The molecule has 0 aliphatic heterocycles. The predicted octanol–water partition coefficient (Wildman–Crippen LogP) is 1.97. The number of oxazole rings is 1. The summed E-state index contributed by atoms with van der Waals surface area (Å²) < 4.78 is 29.4. The van der Waals surface area contributed by atoms with Crippen LogP contribution in [0.5, 0.6) is 0 Å². The maximum absolute atomic E-state index is 11.4. The van der Waals surface area contributed by atoms with Crippen LogP contribution in [0.3, 0.4) is 0 Å². The number of carbonyl (C=O) groups excluding carboxylic acids is 1. The summed E-state index contributed by atoms with van der Waals surface area (Å²) in [5.74, 6) is 0.451. The lowest BCUT2D eigenvalue weighted by molar-refractivity contribution is -0.119. The molecule has 1 heterocycles. The fourth-order valence-corrected chi connectivity index (χ4v) is 2.45. The summed E-state index contributed by atoms with van der Waals surface area (Å²) in [6.45, 7) is 4.05. The van der Waals surface area contributed by atoms with Crippen LogP contribution >= 0.6 is 0 Å². The lowest BCUT2D eigenvalue weighted by Gasteiger charge is -2.02. The molecule has 0 aliphatic rings. The molecule has 0 spiro atoms. The number of nitrogens with zero attached hydrogens (tertiary/aromatic N) is 1. The molecule has 1 aromatic heterocycles. The second-order valence-corrected chi connectivity index (χ2v) is 6.96. The van der Waals surface area contributed by atoms with Gasteiger partial charge in [0.1, 0.15) is 0 Å². The van der Waals surface area contributed by atoms with E-state index >= 15 is 0 Å². The fourth-order valence-electron chi connectivity index (χ4n) is 1.93. The first-order chi connectivity index (χ1) is 10.2. The number of hydrogen-bond acceptors (Lipinski definition) is 5. The summed E-state index contributed by atoms with van der Waals surface area (Å²) in [5, 5.41) is 0. The Balaban J connectivity index is 2.02. The Hall–Kier alpha value is -2.15. The van der Waals surface area contributed by atoms with Gasteiger partial charge in [-0.25, -0.2) is 13.4 Å². The van der Waals surface area contributed by atoms with Crippen LogP contribution in [-0.4, -0.2) is 25.6 Å². The monoisotopic (exact) mass is 322 g/mol. The van der Waals surface area contributed by atoms with Gasteiger partial charge < -0.3 is 4.42 Å². The lowest BCUT2D eigenvalue weighted by atomic mass is 10.1. The molecular weight excluding hydrogens is 304 g/mol. The highest BCUT2D eigenvalue weighted by Gasteiger charge is 2.12. The Bertz CT molecular complexity index is 794. The quantitative estimate of drug-likeness (QED) is 0.909. The molecule has 1 N–H and O–H groups in total. The molecule has 7 heteroatoms. The third-order valence-corrected chi connectivity index (χ3v) is 3.81. The first kappa shape index (κ1) is 16.2. The Kier molecular flexibility index (Phi) is 4.65. The predicted molar refractivity (Wildman–Crippen MR) is 82.7 cm³/mol. The first-order valence-electron chi connectivity index (χ1n) is 6.77. The van der Waals surface area contributed by atoms with Crippen molar-refractivity contribution in [2.45, 2.75) is 26.7 Å². The third-order valence-electron chi connectivity index (χ3n) is 3.21. The van der Waals surface area contributed by atoms with Gasteiger partial charge in [-0.2, -0.15) is 0 Å².